The predicted molar refractivity (Wildman–Crippen MR) is 77.2 cm³/mol. The molecule has 0 aliphatic rings. The second-order valence-electron chi connectivity index (χ2n) is 4.18. The van der Waals surface area contributed by atoms with Crippen molar-refractivity contribution >= 4 is 21.9 Å². The Morgan fingerprint density at radius 1 is 1.37 bits per heavy atom. The summed E-state index contributed by atoms with van der Waals surface area (Å²) in [7, 11) is 1.34. The smallest absolute Gasteiger partial charge is 0.323 e. The van der Waals surface area contributed by atoms with E-state index in [0.717, 1.165) is 15.9 Å². The van der Waals surface area contributed by atoms with Gasteiger partial charge in [0.25, 0.3) is 0 Å². The summed E-state index contributed by atoms with van der Waals surface area (Å²) < 4.78 is 7.68. The van der Waals surface area contributed by atoms with Crippen molar-refractivity contribution in [3.63, 3.8) is 0 Å². The molecule has 2 rings (SSSR count). The molecule has 0 bridgehead atoms. The molecule has 0 spiro atoms. The zero-order valence-corrected chi connectivity index (χ0v) is 12.1. The Labute approximate surface area is 120 Å². The van der Waals surface area contributed by atoms with Crippen LogP contribution in [0.2, 0.25) is 0 Å². The Morgan fingerprint density at radius 2 is 2.05 bits per heavy atom. The first-order chi connectivity index (χ1) is 9.11. The second kappa shape index (κ2) is 6.04. The average Bonchev–Trinajstić information content (AvgIpc) is 2.86. The number of carbonyl (C=O) groups excluding carboxylic acids is 1. The van der Waals surface area contributed by atoms with Crippen molar-refractivity contribution in [2.75, 3.05) is 7.11 Å². The molecule has 100 valence electrons. The van der Waals surface area contributed by atoms with Gasteiger partial charge in [-0.25, -0.2) is 0 Å². The molecule has 4 nitrogen and oxygen atoms in total. The summed E-state index contributed by atoms with van der Waals surface area (Å²) in [6, 6.07) is 11.2. The van der Waals surface area contributed by atoms with Crippen molar-refractivity contribution in [2.45, 2.75) is 12.5 Å². The number of ether oxygens (including phenoxy) is 1. The minimum Gasteiger partial charge on any atom is -0.468 e. The van der Waals surface area contributed by atoms with Crippen molar-refractivity contribution in [1.29, 1.82) is 0 Å². The lowest BCUT2D eigenvalue weighted by molar-refractivity contribution is -0.142. The Morgan fingerprint density at radius 3 is 2.68 bits per heavy atom. The van der Waals surface area contributed by atoms with Gasteiger partial charge >= 0.3 is 5.97 Å². The lowest BCUT2D eigenvalue weighted by atomic mass is 10.1. The molecule has 1 aromatic carbocycles. The number of nitrogens with two attached hydrogens (primary N) is 1. The van der Waals surface area contributed by atoms with Crippen LogP contribution in [0.1, 0.15) is 5.69 Å². The molecule has 1 heterocycles. The molecule has 2 aromatic rings. The molecule has 5 heteroatoms. The van der Waals surface area contributed by atoms with Crippen LogP contribution in [0.5, 0.6) is 0 Å². The first kappa shape index (κ1) is 13.8. The second-order valence-corrected chi connectivity index (χ2v) is 5.10. The molecule has 19 heavy (non-hydrogen) atoms. The van der Waals surface area contributed by atoms with E-state index < -0.39 is 12.0 Å². The number of rotatable bonds is 4. The van der Waals surface area contributed by atoms with E-state index in [0.29, 0.717) is 6.42 Å². The van der Waals surface area contributed by atoms with Crippen LogP contribution in [0.4, 0.5) is 0 Å². The monoisotopic (exact) mass is 322 g/mol. The zero-order valence-electron chi connectivity index (χ0n) is 10.5. The third-order valence-electron chi connectivity index (χ3n) is 2.87. The maximum absolute atomic E-state index is 11.4. The number of methoxy groups -OCH3 is 1. The van der Waals surface area contributed by atoms with E-state index >= 15 is 0 Å². The predicted octanol–water partition coefficient (Wildman–Crippen LogP) is 2.28. The summed E-state index contributed by atoms with van der Waals surface area (Å²) in [6.07, 6.45) is 2.39. The summed E-state index contributed by atoms with van der Waals surface area (Å²) in [6.45, 7) is 0. The van der Waals surface area contributed by atoms with Crippen molar-refractivity contribution in [2.24, 2.45) is 5.73 Å². The van der Waals surface area contributed by atoms with E-state index in [1.807, 2.05) is 47.2 Å². The molecule has 0 amide bonds. The van der Waals surface area contributed by atoms with Crippen molar-refractivity contribution in [1.82, 2.24) is 4.57 Å². The fraction of sp³-hybridized carbons (Fsp3) is 0.214. The van der Waals surface area contributed by atoms with E-state index in [4.69, 9.17) is 5.73 Å². The van der Waals surface area contributed by atoms with Gasteiger partial charge < -0.3 is 15.0 Å². The van der Waals surface area contributed by atoms with E-state index in [-0.39, 0.29) is 0 Å². The lowest BCUT2D eigenvalue weighted by Gasteiger charge is -2.13. The van der Waals surface area contributed by atoms with Gasteiger partial charge in [0.15, 0.2) is 0 Å². The van der Waals surface area contributed by atoms with Crippen molar-refractivity contribution in [3.05, 3.63) is 52.8 Å². The van der Waals surface area contributed by atoms with Crippen LogP contribution >= 0.6 is 15.9 Å². The standard InChI is InChI=1S/C14H15BrN2O2/c1-19-14(18)13(16)9-12-3-2-8-17(12)11-6-4-10(15)5-7-11/h2-8,13H,9,16H2,1H3. The van der Waals surface area contributed by atoms with Gasteiger partial charge in [-0.2, -0.15) is 0 Å². The molecule has 0 radical (unpaired) electrons. The zero-order chi connectivity index (χ0) is 13.8. The topological polar surface area (TPSA) is 57.2 Å². The Bertz CT molecular complexity index is 563. The largest absolute Gasteiger partial charge is 0.468 e. The third-order valence-corrected chi connectivity index (χ3v) is 3.40. The highest BCUT2D eigenvalue weighted by Crippen LogP contribution is 2.17. The van der Waals surface area contributed by atoms with Crippen molar-refractivity contribution < 1.29 is 9.53 Å². The first-order valence-corrected chi connectivity index (χ1v) is 6.66. The van der Waals surface area contributed by atoms with Gasteiger partial charge in [0.05, 0.1) is 7.11 Å². The number of hydrogen-bond donors (Lipinski definition) is 1. The number of nitrogens with zero attached hydrogens (tertiary/aromatic N) is 1. The molecule has 0 aliphatic carbocycles. The molecule has 0 fully saturated rings. The first-order valence-electron chi connectivity index (χ1n) is 5.87. The van der Waals surface area contributed by atoms with Crippen LogP contribution in [0.25, 0.3) is 5.69 Å². The van der Waals surface area contributed by atoms with Gasteiger partial charge in [-0.1, -0.05) is 15.9 Å². The third kappa shape index (κ3) is 3.24. The fourth-order valence-electron chi connectivity index (χ4n) is 1.90. The van der Waals surface area contributed by atoms with E-state index in [1.54, 1.807) is 0 Å². The Kier molecular flexibility index (Phi) is 4.39. The normalized spacial score (nSPS) is 12.2. The maximum Gasteiger partial charge on any atom is 0.323 e. The van der Waals surface area contributed by atoms with Gasteiger partial charge in [0.2, 0.25) is 0 Å². The molecule has 0 saturated heterocycles. The van der Waals surface area contributed by atoms with Gasteiger partial charge in [-0.05, 0) is 36.4 Å². The highest BCUT2D eigenvalue weighted by atomic mass is 79.9. The van der Waals surface area contributed by atoms with E-state index in [9.17, 15) is 4.79 Å². The molecule has 2 N–H and O–H groups in total. The summed E-state index contributed by atoms with van der Waals surface area (Å²) in [5.41, 5.74) is 7.80. The van der Waals surface area contributed by atoms with Gasteiger partial charge in [0, 0.05) is 28.5 Å². The van der Waals surface area contributed by atoms with Crippen LogP contribution in [-0.4, -0.2) is 23.7 Å². The van der Waals surface area contributed by atoms with Crippen LogP contribution in [0.15, 0.2) is 47.1 Å². The summed E-state index contributed by atoms with van der Waals surface area (Å²) in [5.74, 6) is -0.399. The fourth-order valence-corrected chi connectivity index (χ4v) is 2.16. The van der Waals surface area contributed by atoms with Gasteiger partial charge in [0.1, 0.15) is 6.04 Å². The number of benzene rings is 1. The molecular weight excluding hydrogens is 308 g/mol. The molecular formula is C14H15BrN2O2. The van der Waals surface area contributed by atoms with Crippen LogP contribution in [-0.2, 0) is 16.0 Å². The number of hydrogen-bond acceptors (Lipinski definition) is 3. The molecule has 1 atom stereocenters. The van der Waals surface area contributed by atoms with Crippen LogP contribution in [0.3, 0.4) is 0 Å². The highest BCUT2D eigenvalue weighted by Gasteiger charge is 2.16. The number of aromatic nitrogens is 1. The number of esters is 1. The molecule has 1 aromatic heterocycles. The molecule has 0 saturated carbocycles. The lowest BCUT2D eigenvalue weighted by Crippen LogP contribution is -2.34. The molecule has 1 unspecified atom stereocenters. The van der Waals surface area contributed by atoms with E-state index in [2.05, 4.69) is 20.7 Å². The Hall–Kier alpha value is -1.59. The quantitative estimate of drug-likeness (QED) is 0.878. The van der Waals surface area contributed by atoms with Gasteiger partial charge in [-0.15, -0.1) is 0 Å². The molecule has 0 aliphatic heterocycles. The summed E-state index contributed by atoms with van der Waals surface area (Å²) in [4.78, 5) is 11.4. The minimum absolute atomic E-state index is 0.399. The average molecular weight is 323 g/mol. The maximum atomic E-state index is 11.4. The van der Waals surface area contributed by atoms with Gasteiger partial charge in [-0.3, -0.25) is 4.79 Å². The Balaban J connectivity index is 2.22. The SMILES string of the molecule is COC(=O)C(N)Cc1cccn1-c1ccc(Br)cc1. The number of halogens is 1. The number of carbonyl (C=O) groups is 1. The van der Waals surface area contributed by atoms with Crippen LogP contribution < -0.4 is 5.73 Å². The van der Waals surface area contributed by atoms with Crippen LogP contribution in [0, 0.1) is 0 Å². The summed E-state index contributed by atoms with van der Waals surface area (Å²) >= 11 is 3.41. The highest BCUT2D eigenvalue weighted by molar-refractivity contribution is 9.10. The van der Waals surface area contributed by atoms with E-state index in [1.165, 1.54) is 7.11 Å². The summed E-state index contributed by atoms with van der Waals surface area (Å²) in [5, 5.41) is 0. The minimum atomic E-state index is -0.644. The van der Waals surface area contributed by atoms with Crippen molar-refractivity contribution in [3.8, 4) is 5.69 Å².